The van der Waals surface area contributed by atoms with Crippen molar-refractivity contribution >= 4 is 9.84 Å². The zero-order valence-electron chi connectivity index (χ0n) is 15.7. The van der Waals surface area contributed by atoms with E-state index in [0.29, 0.717) is 13.0 Å². The normalized spacial score (nSPS) is 19.2. The van der Waals surface area contributed by atoms with Crippen LogP contribution >= 0.6 is 0 Å². The Morgan fingerprint density at radius 3 is 2.65 bits per heavy atom. The first kappa shape index (κ1) is 18.9. The second-order valence-corrected chi connectivity index (χ2v) is 9.28. The van der Waals surface area contributed by atoms with E-state index in [0.717, 1.165) is 30.2 Å². The summed E-state index contributed by atoms with van der Waals surface area (Å²) in [5.41, 5.74) is 3.22. The van der Waals surface area contributed by atoms with Gasteiger partial charge in [-0.15, -0.1) is 0 Å². The summed E-state index contributed by atoms with van der Waals surface area (Å²) < 4.78 is 31.2. The van der Waals surface area contributed by atoms with Gasteiger partial charge >= 0.3 is 0 Å². The molecule has 142 valence electrons. The fraction of sp³-hybridized carbons (Fsp3) is 0.526. The Balaban J connectivity index is 1.59. The lowest BCUT2D eigenvalue weighted by molar-refractivity contribution is 0.232. The van der Waals surface area contributed by atoms with E-state index in [4.69, 9.17) is 4.74 Å². The summed E-state index contributed by atoms with van der Waals surface area (Å²) in [6.45, 7) is 6.23. The van der Waals surface area contributed by atoms with Crippen molar-refractivity contribution in [3.63, 3.8) is 0 Å². The second kappa shape index (κ2) is 7.80. The molecule has 26 heavy (non-hydrogen) atoms. The van der Waals surface area contributed by atoms with E-state index in [1.54, 1.807) is 0 Å². The Hall–Kier alpha value is -1.86. The van der Waals surface area contributed by atoms with Crippen LogP contribution in [0, 0.1) is 13.8 Å². The molecule has 0 amide bonds. The third kappa shape index (κ3) is 4.45. The molecule has 6 nitrogen and oxygen atoms in total. The van der Waals surface area contributed by atoms with Crippen LogP contribution < -0.4 is 4.74 Å². The van der Waals surface area contributed by atoms with E-state index in [1.807, 2.05) is 48.9 Å². The van der Waals surface area contributed by atoms with E-state index in [9.17, 15) is 8.42 Å². The molecule has 1 saturated heterocycles. The Morgan fingerprint density at radius 2 is 2.00 bits per heavy atom. The quantitative estimate of drug-likeness (QED) is 0.741. The van der Waals surface area contributed by atoms with Crippen LogP contribution in [0.3, 0.4) is 0 Å². The van der Waals surface area contributed by atoms with Gasteiger partial charge in [0.1, 0.15) is 12.4 Å². The van der Waals surface area contributed by atoms with Crippen LogP contribution in [0.15, 0.2) is 30.3 Å². The molecule has 0 aliphatic carbocycles. The molecule has 0 saturated carbocycles. The smallest absolute Gasteiger partial charge is 0.152 e. The minimum atomic E-state index is -2.91. The minimum absolute atomic E-state index is 0.0285. The number of nitrogens with zero attached hydrogens (tertiary/aromatic N) is 3. The lowest BCUT2D eigenvalue weighted by Crippen LogP contribution is -2.24. The summed E-state index contributed by atoms with van der Waals surface area (Å²) in [5.74, 6) is 1.35. The maximum atomic E-state index is 11.8. The highest BCUT2D eigenvalue weighted by atomic mass is 32.2. The number of rotatable bonds is 7. The summed E-state index contributed by atoms with van der Waals surface area (Å²) in [4.78, 5) is 2.20. The molecule has 1 aliphatic rings. The van der Waals surface area contributed by atoms with E-state index in [2.05, 4.69) is 17.0 Å². The van der Waals surface area contributed by atoms with Crippen LogP contribution in [0.2, 0.25) is 0 Å². The van der Waals surface area contributed by atoms with Crippen molar-refractivity contribution in [1.29, 1.82) is 0 Å². The first-order chi connectivity index (χ1) is 12.4. The van der Waals surface area contributed by atoms with Crippen LogP contribution in [0.4, 0.5) is 0 Å². The Labute approximate surface area is 155 Å². The molecule has 0 unspecified atom stereocenters. The second-order valence-electron chi connectivity index (χ2n) is 7.05. The number of aryl methyl sites for hydroxylation is 1. The fourth-order valence-electron chi connectivity index (χ4n) is 3.43. The predicted octanol–water partition coefficient (Wildman–Crippen LogP) is 2.37. The third-order valence-electron chi connectivity index (χ3n) is 4.94. The van der Waals surface area contributed by atoms with Crippen LogP contribution in [0.1, 0.15) is 29.4 Å². The molecule has 1 fully saturated rings. The molecule has 7 heteroatoms. The molecule has 1 atom stereocenters. The number of para-hydroxylation sites is 1. The lowest BCUT2D eigenvalue weighted by Gasteiger charge is -2.18. The van der Waals surface area contributed by atoms with Gasteiger partial charge in [0.25, 0.3) is 0 Å². The van der Waals surface area contributed by atoms with Gasteiger partial charge in [-0.3, -0.25) is 9.58 Å². The Bertz CT molecular complexity index is 846. The molecule has 0 N–H and O–H groups in total. The van der Waals surface area contributed by atoms with Crippen molar-refractivity contribution in [1.82, 2.24) is 14.7 Å². The van der Waals surface area contributed by atoms with E-state index >= 15 is 0 Å². The van der Waals surface area contributed by atoms with Gasteiger partial charge in [-0.1, -0.05) is 18.2 Å². The summed E-state index contributed by atoms with van der Waals surface area (Å²) in [6.07, 6.45) is 0.657. The average Bonchev–Trinajstić information content (AvgIpc) is 3.09. The van der Waals surface area contributed by atoms with E-state index in [-0.39, 0.29) is 17.5 Å². The van der Waals surface area contributed by atoms with Gasteiger partial charge in [0.05, 0.1) is 23.2 Å². The first-order valence-corrected chi connectivity index (χ1v) is 10.8. The molecule has 0 radical (unpaired) electrons. The van der Waals surface area contributed by atoms with Gasteiger partial charge in [-0.2, -0.15) is 5.10 Å². The van der Waals surface area contributed by atoms with Gasteiger partial charge in [-0.05, 0) is 39.4 Å². The van der Waals surface area contributed by atoms with Crippen molar-refractivity contribution in [3.05, 3.63) is 47.3 Å². The predicted molar refractivity (Wildman–Crippen MR) is 102 cm³/mol. The highest BCUT2D eigenvalue weighted by molar-refractivity contribution is 7.91. The van der Waals surface area contributed by atoms with Gasteiger partial charge in [0, 0.05) is 24.3 Å². The molecule has 0 spiro atoms. The minimum Gasteiger partial charge on any atom is -0.492 e. The standard InChI is InChI=1S/C19H27N3O3S/c1-15-19(13-21(3)10-11-25-18-7-5-4-6-8-18)16(2)22(20-15)17-9-12-26(23,24)14-17/h4-8,17H,9-14H2,1-3H3/t17-/m0/s1. The van der Waals surface area contributed by atoms with Gasteiger partial charge < -0.3 is 4.74 Å². The van der Waals surface area contributed by atoms with Crippen LogP contribution in [-0.2, 0) is 16.4 Å². The largest absolute Gasteiger partial charge is 0.492 e. The van der Waals surface area contributed by atoms with Crippen molar-refractivity contribution in [3.8, 4) is 5.75 Å². The molecule has 0 bridgehead atoms. The van der Waals surface area contributed by atoms with Crippen molar-refractivity contribution in [2.75, 3.05) is 31.7 Å². The highest BCUT2D eigenvalue weighted by Gasteiger charge is 2.31. The maximum absolute atomic E-state index is 11.8. The van der Waals surface area contributed by atoms with E-state index < -0.39 is 9.84 Å². The monoisotopic (exact) mass is 377 g/mol. The third-order valence-corrected chi connectivity index (χ3v) is 6.69. The number of likely N-dealkylation sites (N-methyl/N-ethyl adjacent to an activating group) is 1. The summed E-state index contributed by atoms with van der Waals surface area (Å²) in [6, 6.07) is 9.77. The zero-order valence-corrected chi connectivity index (χ0v) is 16.5. The zero-order chi connectivity index (χ0) is 18.7. The SMILES string of the molecule is Cc1nn([C@H]2CCS(=O)(=O)C2)c(C)c1CN(C)CCOc1ccccc1. The van der Waals surface area contributed by atoms with Crippen LogP contribution in [0.5, 0.6) is 5.75 Å². The fourth-order valence-corrected chi connectivity index (χ4v) is 5.13. The number of hydrogen-bond acceptors (Lipinski definition) is 5. The van der Waals surface area contributed by atoms with Crippen LogP contribution in [-0.4, -0.2) is 54.8 Å². The van der Waals surface area contributed by atoms with Gasteiger partial charge in [0.2, 0.25) is 0 Å². The first-order valence-electron chi connectivity index (χ1n) is 8.97. The molecule has 3 rings (SSSR count). The Kier molecular flexibility index (Phi) is 5.67. The van der Waals surface area contributed by atoms with Gasteiger partial charge in [0.15, 0.2) is 9.84 Å². The number of benzene rings is 1. The highest BCUT2D eigenvalue weighted by Crippen LogP contribution is 2.27. The molecule has 1 aliphatic heterocycles. The number of aromatic nitrogens is 2. The van der Waals surface area contributed by atoms with Crippen molar-refractivity contribution < 1.29 is 13.2 Å². The lowest BCUT2D eigenvalue weighted by atomic mass is 10.1. The summed E-state index contributed by atoms with van der Waals surface area (Å²) in [7, 11) is -0.853. The van der Waals surface area contributed by atoms with Crippen molar-refractivity contribution in [2.45, 2.75) is 32.9 Å². The topological polar surface area (TPSA) is 64.4 Å². The Morgan fingerprint density at radius 1 is 1.27 bits per heavy atom. The summed E-state index contributed by atoms with van der Waals surface area (Å²) >= 11 is 0. The number of hydrogen-bond donors (Lipinski definition) is 0. The molecule has 2 heterocycles. The molecule has 1 aromatic carbocycles. The van der Waals surface area contributed by atoms with Gasteiger partial charge in [-0.25, -0.2) is 8.42 Å². The number of ether oxygens (including phenoxy) is 1. The molecular weight excluding hydrogens is 350 g/mol. The molecule has 2 aromatic rings. The molecule has 1 aromatic heterocycles. The number of sulfone groups is 1. The van der Waals surface area contributed by atoms with Crippen molar-refractivity contribution in [2.24, 2.45) is 0 Å². The molecular formula is C19H27N3O3S. The maximum Gasteiger partial charge on any atom is 0.152 e. The average molecular weight is 378 g/mol. The van der Waals surface area contributed by atoms with Crippen LogP contribution in [0.25, 0.3) is 0 Å². The summed E-state index contributed by atoms with van der Waals surface area (Å²) in [5, 5.41) is 4.63. The van der Waals surface area contributed by atoms with E-state index in [1.165, 1.54) is 5.56 Å².